The van der Waals surface area contributed by atoms with Crippen LogP contribution in [0.25, 0.3) is 0 Å². The Morgan fingerprint density at radius 1 is 1.27 bits per heavy atom. The van der Waals surface area contributed by atoms with Gasteiger partial charge in [0.2, 0.25) is 15.9 Å². The number of carbonyl (C=O) groups is 1. The van der Waals surface area contributed by atoms with E-state index >= 15 is 0 Å². The molecule has 0 aliphatic carbocycles. The summed E-state index contributed by atoms with van der Waals surface area (Å²) in [7, 11) is -3.71. The molecule has 8 nitrogen and oxygen atoms in total. The Bertz CT molecular complexity index is 918. The molecule has 0 spiro atoms. The molecule has 9 heteroatoms. The zero-order chi connectivity index (χ0) is 19.1. The number of benzene rings is 1. The second kappa shape index (κ2) is 6.81. The van der Waals surface area contributed by atoms with Crippen molar-refractivity contribution in [2.24, 2.45) is 11.7 Å². The summed E-state index contributed by atoms with van der Waals surface area (Å²) in [6, 6.07) is 5.68. The molecule has 0 bridgehead atoms. The van der Waals surface area contributed by atoms with E-state index in [0.717, 1.165) is 12.2 Å². The van der Waals surface area contributed by atoms with Crippen molar-refractivity contribution >= 4 is 15.9 Å². The molecule has 26 heavy (non-hydrogen) atoms. The number of primary amides is 1. The largest absolute Gasteiger partial charge is 0.366 e. The Hall–Kier alpha value is -2.26. The quantitative estimate of drug-likeness (QED) is 0.848. The first kappa shape index (κ1) is 18.5. The van der Waals surface area contributed by atoms with Crippen molar-refractivity contribution in [1.82, 2.24) is 19.1 Å². The van der Waals surface area contributed by atoms with E-state index in [2.05, 4.69) is 24.0 Å². The summed E-state index contributed by atoms with van der Waals surface area (Å²) in [4.78, 5) is 11.3. The molecule has 3 rings (SSSR count). The molecule has 0 saturated carbocycles. The van der Waals surface area contributed by atoms with Crippen molar-refractivity contribution in [3.05, 3.63) is 41.5 Å². The summed E-state index contributed by atoms with van der Waals surface area (Å²) in [6.45, 7) is 6.64. The number of nitrogens with two attached hydrogens (primary N) is 1. The number of hydrogen-bond donors (Lipinski definition) is 1. The maximum absolute atomic E-state index is 13.1. The van der Waals surface area contributed by atoms with Crippen molar-refractivity contribution < 1.29 is 13.2 Å². The minimum atomic E-state index is -3.71. The van der Waals surface area contributed by atoms with Gasteiger partial charge < -0.3 is 10.3 Å². The van der Waals surface area contributed by atoms with Crippen molar-refractivity contribution in [2.45, 2.75) is 44.7 Å². The van der Waals surface area contributed by atoms with Crippen molar-refractivity contribution in [3.8, 4) is 0 Å². The van der Waals surface area contributed by atoms with Gasteiger partial charge in [0.15, 0.2) is 0 Å². The van der Waals surface area contributed by atoms with E-state index in [1.165, 1.54) is 28.6 Å². The summed E-state index contributed by atoms with van der Waals surface area (Å²) < 4.78 is 29.6. The van der Waals surface area contributed by atoms with Crippen LogP contribution in [0.2, 0.25) is 0 Å². The van der Waals surface area contributed by atoms with Crippen LogP contribution in [-0.4, -0.2) is 39.9 Å². The number of rotatable bonds is 5. The number of fused-ring (bicyclic) bond motifs is 1. The molecule has 0 fully saturated rings. The molecule has 1 amide bonds. The lowest BCUT2D eigenvalue weighted by atomic mass is 10.0. The molecule has 2 aromatic rings. The Morgan fingerprint density at radius 2 is 1.92 bits per heavy atom. The van der Waals surface area contributed by atoms with Crippen LogP contribution in [0, 0.1) is 12.8 Å². The highest BCUT2D eigenvalue weighted by Crippen LogP contribution is 2.30. The standard InChI is InChI=1S/C17H23N5O3S/c1-11(2)8-14-9-21(10-16-20-19-12(3)22(14)16)26(24,25)15-6-4-13(5-7-15)17(18)23/h4-7,11,14H,8-10H2,1-3H3,(H2,18,23)/t14-/m0/s1. The minimum Gasteiger partial charge on any atom is -0.366 e. The number of aryl methyl sites for hydroxylation is 1. The number of nitrogens with zero attached hydrogens (tertiary/aromatic N) is 4. The van der Waals surface area contributed by atoms with E-state index in [1.54, 1.807) is 0 Å². The maximum Gasteiger partial charge on any atom is 0.248 e. The molecule has 1 aromatic carbocycles. The highest BCUT2D eigenvalue weighted by atomic mass is 32.2. The predicted molar refractivity (Wildman–Crippen MR) is 95.8 cm³/mol. The van der Waals surface area contributed by atoms with Gasteiger partial charge in [0.05, 0.1) is 17.5 Å². The zero-order valence-electron chi connectivity index (χ0n) is 15.1. The third-order valence-corrected chi connectivity index (χ3v) is 6.38. The van der Waals surface area contributed by atoms with Crippen LogP contribution in [0.3, 0.4) is 0 Å². The van der Waals surface area contributed by atoms with Gasteiger partial charge in [-0.05, 0) is 43.5 Å². The molecule has 1 atom stereocenters. The molecule has 0 radical (unpaired) electrons. The fraction of sp³-hybridized carbons (Fsp3) is 0.471. The number of aromatic nitrogens is 3. The lowest BCUT2D eigenvalue weighted by Crippen LogP contribution is -2.41. The van der Waals surface area contributed by atoms with Crippen molar-refractivity contribution in [3.63, 3.8) is 0 Å². The monoisotopic (exact) mass is 377 g/mol. The second-order valence-electron chi connectivity index (χ2n) is 7.00. The molecular weight excluding hydrogens is 354 g/mol. The van der Waals surface area contributed by atoms with Gasteiger partial charge in [0.1, 0.15) is 11.6 Å². The molecule has 2 N–H and O–H groups in total. The highest BCUT2D eigenvalue weighted by Gasteiger charge is 2.35. The third-order valence-electron chi connectivity index (χ3n) is 4.55. The first-order valence-corrected chi connectivity index (χ1v) is 9.94. The van der Waals surface area contributed by atoms with Gasteiger partial charge in [-0.1, -0.05) is 13.8 Å². The molecule has 1 aliphatic heterocycles. The Morgan fingerprint density at radius 3 is 2.50 bits per heavy atom. The van der Waals surface area contributed by atoms with E-state index in [1.807, 2.05) is 11.5 Å². The first-order chi connectivity index (χ1) is 12.2. The smallest absolute Gasteiger partial charge is 0.248 e. The van der Waals surface area contributed by atoms with E-state index in [-0.39, 0.29) is 23.0 Å². The Labute approximate surface area is 153 Å². The van der Waals surface area contributed by atoms with Gasteiger partial charge in [0.25, 0.3) is 0 Å². The average molecular weight is 377 g/mol. The zero-order valence-corrected chi connectivity index (χ0v) is 15.9. The van der Waals surface area contributed by atoms with Crippen LogP contribution >= 0.6 is 0 Å². The normalized spacial score (nSPS) is 18.1. The van der Waals surface area contributed by atoms with Gasteiger partial charge in [-0.25, -0.2) is 8.42 Å². The maximum atomic E-state index is 13.1. The Kier molecular flexibility index (Phi) is 4.85. The highest BCUT2D eigenvalue weighted by molar-refractivity contribution is 7.89. The molecule has 1 aromatic heterocycles. The van der Waals surface area contributed by atoms with Crippen LogP contribution in [0.5, 0.6) is 0 Å². The van der Waals surface area contributed by atoms with Crippen LogP contribution in [-0.2, 0) is 16.6 Å². The fourth-order valence-electron chi connectivity index (χ4n) is 3.38. The summed E-state index contributed by atoms with van der Waals surface area (Å²) in [5.41, 5.74) is 5.49. The summed E-state index contributed by atoms with van der Waals surface area (Å²) in [6.07, 6.45) is 0.832. The topological polar surface area (TPSA) is 111 Å². The lowest BCUT2D eigenvalue weighted by molar-refractivity contribution is 0.1000. The molecule has 2 heterocycles. The van der Waals surface area contributed by atoms with Gasteiger partial charge in [-0.3, -0.25) is 4.79 Å². The molecule has 140 valence electrons. The van der Waals surface area contributed by atoms with Gasteiger partial charge in [-0.2, -0.15) is 4.31 Å². The van der Waals surface area contributed by atoms with Crippen LogP contribution in [0.4, 0.5) is 0 Å². The minimum absolute atomic E-state index is 0.00609. The molecule has 0 unspecified atom stereocenters. The van der Waals surface area contributed by atoms with E-state index in [0.29, 0.717) is 18.3 Å². The van der Waals surface area contributed by atoms with Crippen molar-refractivity contribution in [1.29, 1.82) is 0 Å². The van der Waals surface area contributed by atoms with Crippen LogP contribution in [0.15, 0.2) is 29.2 Å². The molecule has 0 saturated heterocycles. The van der Waals surface area contributed by atoms with Gasteiger partial charge >= 0.3 is 0 Å². The van der Waals surface area contributed by atoms with E-state index in [9.17, 15) is 13.2 Å². The number of sulfonamides is 1. The number of amides is 1. The van der Waals surface area contributed by atoms with Crippen LogP contribution in [0.1, 0.15) is 48.3 Å². The fourth-order valence-corrected chi connectivity index (χ4v) is 4.81. The van der Waals surface area contributed by atoms with Crippen molar-refractivity contribution in [2.75, 3.05) is 6.54 Å². The third kappa shape index (κ3) is 3.36. The molecular formula is C17H23N5O3S. The van der Waals surface area contributed by atoms with Gasteiger partial charge in [0, 0.05) is 12.1 Å². The lowest BCUT2D eigenvalue weighted by Gasteiger charge is -2.34. The number of hydrogen-bond acceptors (Lipinski definition) is 5. The van der Waals surface area contributed by atoms with Gasteiger partial charge in [-0.15, -0.1) is 10.2 Å². The summed E-state index contributed by atoms with van der Waals surface area (Å²) >= 11 is 0. The Balaban J connectivity index is 1.94. The second-order valence-corrected chi connectivity index (χ2v) is 8.94. The SMILES string of the molecule is Cc1nnc2n1[C@@H](CC(C)C)CN(S(=O)(=O)c1ccc(C(N)=O)cc1)C2. The number of carbonyl (C=O) groups excluding carboxylic acids is 1. The molecule has 1 aliphatic rings. The summed E-state index contributed by atoms with van der Waals surface area (Å²) in [5.74, 6) is 1.27. The van der Waals surface area contributed by atoms with E-state index < -0.39 is 15.9 Å². The first-order valence-electron chi connectivity index (χ1n) is 8.50. The average Bonchev–Trinajstić information content (AvgIpc) is 2.96. The summed E-state index contributed by atoms with van der Waals surface area (Å²) in [5, 5.41) is 8.27. The van der Waals surface area contributed by atoms with E-state index in [4.69, 9.17) is 5.73 Å². The van der Waals surface area contributed by atoms with Crippen LogP contribution < -0.4 is 5.73 Å². The predicted octanol–water partition coefficient (Wildman–Crippen LogP) is 1.48.